The molecule has 166 valence electrons. The number of fused-ring (bicyclic) bond motifs is 1. The zero-order valence-corrected chi connectivity index (χ0v) is 17.4. The Kier molecular flexibility index (Phi) is 5.60. The molecule has 3 unspecified atom stereocenters. The summed E-state index contributed by atoms with van der Waals surface area (Å²) in [7, 11) is 0. The van der Waals surface area contributed by atoms with Gasteiger partial charge in [0.15, 0.2) is 0 Å². The third kappa shape index (κ3) is 4.16. The van der Waals surface area contributed by atoms with Crippen LogP contribution in [-0.2, 0) is 4.79 Å². The predicted octanol–water partition coefficient (Wildman–Crippen LogP) is 4.57. The van der Waals surface area contributed by atoms with E-state index in [1.165, 1.54) is 25.1 Å². The number of nitrogens with zero attached hydrogens (tertiary/aromatic N) is 3. The number of ether oxygens (including phenoxy) is 1. The van der Waals surface area contributed by atoms with Gasteiger partial charge in [-0.15, -0.1) is 0 Å². The Bertz CT molecular complexity index is 1100. The van der Waals surface area contributed by atoms with Gasteiger partial charge in [-0.25, -0.2) is 5.43 Å². The average Bonchev–Trinajstić information content (AvgIpc) is 3.40. The van der Waals surface area contributed by atoms with Crippen LogP contribution in [0.5, 0.6) is 11.5 Å². The number of amides is 1. The number of nitrogens with one attached hydrogen (secondary N) is 1. The average molecular weight is 438 g/mol. The molecule has 2 aliphatic rings. The second-order valence-electron chi connectivity index (χ2n) is 8.41. The summed E-state index contributed by atoms with van der Waals surface area (Å²) in [5.41, 5.74) is 2.57. The number of nitro groups is 2. The predicted molar refractivity (Wildman–Crippen MR) is 116 cm³/mol. The zero-order chi connectivity index (χ0) is 22.9. The summed E-state index contributed by atoms with van der Waals surface area (Å²) < 4.78 is 5.53. The Morgan fingerprint density at radius 3 is 2.53 bits per heavy atom. The molecular formula is C22H22N4O6. The summed E-state index contributed by atoms with van der Waals surface area (Å²) in [4.78, 5) is 33.1. The topological polar surface area (TPSA) is 137 Å². The fourth-order valence-corrected chi connectivity index (χ4v) is 4.69. The summed E-state index contributed by atoms with van der Waals surface area (Å²) in [6, 6.07) is 9.73. The molecule has 0 bridgehead atoms. The second kappa shape index (κ2) is 8.37. The summed E-state index contributed by atoms with van der Waals surface area (Å²) in [5, 5.41) is 26.1. The second-order valence-corrected chi connectivity index (χ2v) is 8.41. The number of benzene rings is 2. The smallest absolute Gasteiger partial charge is 0.318 e. The first-order valence-electron chi connectivity index (χ1n) is 10.3. The summed E-state index contributed by atoms with van der Waals surface area (Å²) in [6.45, 7) is 2.18. The Morgan fingerprint density at radius 1 is 1.16 bits per heavy atom. The lowest BCUT2D eigenvalue weighted by atomic mass is 9.90. The van der Waals surface area contributed by atoms with E-state index in [-0.39, 0.29) is 23.0 Å². The number of nitro benzene ring substituents is 2. The first-order valence-corrected chi connectivity index (χ1v) is 10.3. The molecule has 10 heteroatoms. The van der Waals surface area contributed by atoms with Crippen LogP contribution in [0.25, 0.3) is 0 Å². The minimum atomic E-state index is -0.734. The largest absolute Gasteiger partial charge is 0.450 e. The highest BCUT2D eigenvalue weighted by Crippen LogP contribution is 2.66. The third-order valence-corrected chi connectivity index (χ3v) is 6.46. The summed E-state index contributed by atoms with van der Waals surface area (Å²) >= 11 is 0. The van der Waals surface area contributed by atoms with Gasteiger partial charge in [-0.1, -0.05) is 19.8 Å². The first kappa shape index (κ1) is 21.4. The number of carbonyl (C=O) groups is 1. The molecule has 0 aliphatic heterocycles. The van der Waals surface area contributed by atoms with Crippen LogP contribution >= 0.6 is 0 Å². The highest BCUT2D eigenvalue weighted by atomic mass is 16.6. The lowest BCUT2D eigenvalue weighted by molar-refractivity contribution is -0.394. The van der Waals surface area contributed by atoms with E-state index in [1.54, 1.807) is 24.3 Å². The number of hydrogen-bond acceptors (Lipinski definition) is 7. The standard InChI is InChI=1S/C22H22N4O6/c1-22-11-3-2-4-17(22)20(22)21(27)24-23-13-14-5-8-16(9-6-14)32-19-10-7-15(25(28)29)12-18(19)26(30)31/h5-10,12-13,17,20H,2-4,11H2,1H3,(H,24,27)/b23-13+. The van der Waals surface area contributed by atoms with Crippen molar-refractivity contribution < 1.29 is 19.4 Å². The maximum Gasteiger partial charge on any atom is 0.318 e. The number of hydrogen-bond donors (Lipinski definition) is 1. The minimum absolute atomic E-state index is 0.0374. The van der Waals surface area contributed by atoms with Gasteiger partial charge >= 0.3 is 5.69 Å². The molecular weight excluding hydrogens is 416 g/mol. The third-order valence-electron chi connectivity index (χ3n) is 6.46. The van der Waals surface area contributed by atoms with E-state index >= 15 is 0 Å². The van der Waals surface area contributed by atoms with Crippen LogP contribution in [0.3, 0.4) is 0 Å². The maximum absolute atomic E-state index is 12.4. The van der Waals surface area contributed by atoms with Gasteiger partial charge in [-0.3, -0.25) is 25.0 Å². The van der Waals surface area contributed by atoms with E-state index in [4.69, 9.17) is 4.74 Å². The quantitative estimate of drug-likeness (QED) is 0.382. The first-order chi connectivity index (χ1) is 15.3. The van der Waals surface area contributed by atoms with Crippen molar-refractivity contribution in [2.24, 2.45) is 22.4 Å². The van der Waals surface area contributed by atoms with Gasteiger partial charge in [0.25, 0.3) is 5.69 Å². The van der Waals surface area contributed by atoms with E-state index in [0.717, 1.165) is 25.0 Å². The molecule has 0 aromatic heterocycles. The fraction of sp³-hybridized carbons (Fsp3) is 0.364. The lowest BCUT2D eigenvalue weighted by Crippen LogP contribution is -2.22. The molecule has 0 heterocycles. The number of non-ortho nitro benzene ring substituents is 1. The Labute approximate surface area is 183 Å². The van der Waals surface area contributed by atoms with Crippen LogP contribution in [0, 0.1) is 37.5 Å². The van der Waals surface area contributed by atoms with Crippen LogP contribution in [0.15, 0.2) is 47.6 Å². The molecule has 2 aromatic rings. The van der Waals surface area contributed by atoms with Gasteiger partial charge in [-0.05, 0) is 60.1 Å². The minimum Gasteiger partial charge on any atom is -0.450 e. The van der Waals surface area contributed by atoms with Gasteiger partial charge in [0, 0.05) is 12.0 Å². The van der Waals surface area contributed by atoms with Gasteiger partial charge in [0.1, 0.15) is 5.75 Å². The molecule has 2 aromatic carbocycles. The molecule has 0 spiro atoms. The Morgan fingerprint density at radius 2 is 1.91 bits per heavy atom. The van der Waals surface area contributed by atoms with E-state index in [2.05, 4.69) is 17.5 Å². The van der Waals surface area contributed by atoms with Crippen molar-refractivity contribution in [3.63, 3.8) is 0 Å². The van der Waals surface area contributed by atoms with E-state index in [1.807, 2.05) is 0 Å². The van der Waals surface area contributed by atoms with Crippen molar-refractivity contribution >= 4 is 23.5 Å². The van der Waals surface area contributed by atoms with Crippen molar-refractivity contribution in [1.29, 1.82) is 0 Å². The lowest BCUT2D eigenvalue weighted by Gasteiger charge is -2.15. The van der Waals surface area contributed by atoms with Crippen LogP contribution < -0.4 is 10.2 Å². The van der Waals surface area contributed by atoms with Crippen molar-refractivity contribution in [3.05, 3.63) is 68.3 Å². The van der Waals surface area contributed by atoms with E-state index in [9.17, 15) is 25.0 Å². The van der Waals surface area contributed by atoms with Crippen LogP contribution in [-0.4, -0.2) is 22.0 Å². The van der Waals surface area contributed by atoms with Gasteiger partial charge in [-0.2, -0.15) is 5.10 Å². The molecule has 2 saturated carbocycles. The van der Waals surface area contributed by atoms with Crippen molar-refractivity contribution in [1.82, 2.24) is 5.43 Å². The Balaban J connectivity index is 1.37. The SMILES string of the molecule is CC12CCCCC1C2C(=O)N/N=C/c1ccc(Oc2ccc([N+](=O)[O-])cc2[N+](=O)[O-])cc1. The molecule has 2 aliphatic carbocycles. The van der Waals surface area contributed by atoms with Gasteiger partial charge in [0.2, 0.25) is 11.7 Å². The van der Waals surface area contributed by atoms with E-state index < -0.39 is 21.2 Å². The summed E-state index contributed by atoms with van der Waals surface area (Å²) in [6.07, 6.45) is 6.08. The zero-order valence-electron chi connectivity index (χ0n) is 17.4. The highest BCUT2D eigenvalue weighted by Gasteiger charge is 2.64. The molecule has 1 amide bonds. The monoisotopic (exact) mass is 438 g/mol. The number of hydrazone groups is 1. The van der Waals surface area contributed by atoms with Gasteiger partial charge in [0.05, 0.1) is 22.1 Å². The van der Waals surface area contributed by atoms with Crippen LogP contribution in [0.1, 0.15) is 38.2 Å². The van der Waals surface area contributed by atoms with Crippen molar-refractivity contribution in [2.75, 3.05) is 0 Å². The normalized spacial score (nSPS) is 23.9. The fourth-order valence-electron chi connectivity index (χ4n) is 4.69. The number of carbonyl (C=O) groups excluding carboxylic acids is 1. The van der Waals surface area contributed by atoms with Crippen molar-refractivity contribution in [2.45, 2.75) is 32.6 Å². The molecule has 4 rings (SSSR count). The van der Waals surface area contributed by atoms with Crippen LogP contribution in [0.2, 0.25) is 0 Å². The number of rotatable bonds is 7. The molecule has 32 heavy (non-hydrogen) atoms. The molecule has 2 fully saturated rings. The summed E-state index contributed by atoms with van der Waals surface area (Å²) in [5.74, 6) is 0.676. The van der Waals surface area contributed by atoms with Gasteiger partial charge < -0.3 is 4.74 Å². The highest BCUT2D eigenvalue weighted by molar-refractivity contribution is 5.86. The molecule has 0 saturated heterocycles. The van der Waals surface area contributed by atoms with Crippen molar-refractivity contribution in [3.8, 4) is 11.5 Å². The molecule has 0 radical (unpaired) electrons. The Hall–Kier alpha value is -3.82. The van der Waals surface area contributed by atoms with E-state index in [0.29, 0.717) is 17.2 Å². The van der Waals surface area contributed by atoms with Crippen LogP contribution in [0.4, 0.5) is 11.4 Å². The maximum atomic E-state index is 12.4. The molecule has 10 nitrogen and oxygen atoms in total. The molecule has 3 atom stereocenters. The molecule has 1 N–H and O–H groups in total.